The molecule has 0 aromatic heterocycles. The predicted molar refractivity (Wildman–Crippen MR) is 96.4 cm³/mol. The van der Waals surface area contributed by atoms with Crippen molar-refractivity contribution in [3.63, 3.8) is 0 Å². The van der Waals surface area contributed by atoms with Crippen LogP contribution < -0.4 is 10.5 Å². The lowest BCUT2D eigenvalue weighted by molar-refractivity contribution is -0.153. The number of nitrogen functional groups attached to an aromatic ring is 1. The molecule has 0 heterocycles. The van der Waals surface area contributed by atoms with Crippen molar-refractivity contribution in [2.45, 2.75) is 70.8 Å². The molecular formula is C19H27F3N2O3. The summed E-state index contributed by atoms with van der Waals surface area (Å²) in [6.45, 7) is 4.00. The molecule has 152 valence electrons. The number of carbonyl (C=O) groups is 1. The Kier molecular flexibility index (Phi) is 6.49. The number of rotatable bonds is 5. The van der Waals surface area contributed by atoms with Crippen LogP contribution in [0.3, 0.4) is 0 Å². The number of carbonyl (C=O) groups excluding carboxylic acids is 1. The Morgan fingerprint density at radius 2 is 1.85 bits per heavy atom. The highest BCUT2D eigenvalue weighted by Crippen LogP contribution is 2.30. The third-order valence-electron chi connectivity index (χ3n) is 4.21. The van der Waals surface area contributed by atoms with Crippen molar-refractivity contribution in [2.24, 2.45) is 0 Å². The largest absolute Gasteiger partial charge is 0.484 e. The Bertz CT molecular complexity index is 651. The number of ether oxygens (including phenoxy) is 2. The molecule has 1 aliphatic carbocycles. The Hall–Kier alpha value is -2.12. The summed E-state index contributed by atoms with van der Waals surface area (Å²) in [5, 5.41) is 0. The second kappa shape index (κ2) is 8.27. The van der Waals surface area contributed by atoms with E-state index in [1.165, 1.54) is 18.2 Å². The van der Waals surface area contributed by atoms with Gasteiger partial charge in [-0.2, -0.15) is 13.2 Å². The first-order valence-corrected chi connectivity index (χ1v) is 9.02. The van der Waals surface area contributed by atoms with Crippen LogP contribution in [0.2, 0.25) is 0 Å². The molecule has 27 heavy (non-hydrogen) atoms. The van der Waals surface area contributed by atoms with Gasteiger partial charge in [0.05, 0.1) is 6.54 Å². The lowest BCUT2D eigenvalue weighted by atomic mass is 10.1. The summed E-state index contributed by atoms with van der Waals surface area (Å²) in [7, 11) is 0. The van der Waals surface area contributed by atoms with E-state index in [0.29, 0.717) is 11.3 Å². The van der Waals surface area contributed by atoms with E-state index in [9.17, 15) is 18.0 Å². The van der Waals surface area contributed by atoms with E-state index in [2.05, 4.69) is 0 Å². The molecule has 0 aliphatic heterocycles. The fraction of sp³-hybridized carbons (Fsp3) is 0.632. The van der Waals surface area contributed by atoms with Crippen LogP contribution >= 0.6 is 0 Å². The van der Waals surface area contributed by atoms with Gasteiger partial charge in [0.15, 0.2) is 6.61 Å². The molecule has 5 nitrogen and oxygen atoms in total. The van der Waals surface area contributed by atoms with Crippen molar-refractivity contribution in [3.8, 4) is 5.75 Å². The zero-order chi connectivity index (χ0) is 20.2. The van der Waals surface area contributed by atoms with Gasteiger partial charge in [-0.3, -0.25) is 0 Å². The van der Waals surface area contributed by atoms with E-state index in [-0.39, 0.29) is 18.3 Å². The molecular weight excluding hydrogens is 361 g/mol. The maximum atomic E-state index is 12.7. The zero-order valence-electron chi connectivity index (χ0n) is 15.9. The second-order valence-electron chi connectivity index (χ2n) is 7.82. The molecule has 0 spiro atoms. The summed E-state index contributed by atoms with van der Waals surface area (Å²) < 4.78 is 48.1. The average Bonchev–Trinajstić information content (AvgIpc) is 3.03. The van der Waals surface area contributed by atoms with Crippen LogP contribution in [0, 0.1) is 0 Å². The van der Waals surface area contributed by atoms with Gasteiger partial charge in [0, 0.05) is 17.3 Å². The van der Waals surface area contributed by atoms with Gasteiger partial charge in [-0.15, -0.1) is 0 Å². The van der Waals surface area contributed by atoms with Crippen molar-refractivity contribution in [3.05, 3.63) is 23.8 Å². The highest BCUT2D eigenvalue weighted by molar-refractivity contribution is 5.69. The molecule has 0 atom stereocenters. The first-order valence-electron chi connectivity index (χ1n) is 9.02. The second-order valence-corrected chi connectivity index (χ2v) is 7.82. The monoisotopic (exact) mass is 388 g/mol. The fourth-order valence-corrected chi connectivity index (χ4v) is 3.09. The molecule has 2 N–H and O–H groups in total. The molecule has 0 unspecified atom stereocenters. The van der Waals surface area contributed by atoms with E-state index in [1.807, 2.05) is 0 Å². The van der Waals surface area contributed by atoms with Crippen molar-refractivity contribution in [1.82, 2.24) is 4.90 Å². The summed E-state index contributed by atoms with van der Waals surface area (Å²) in [6.07, 6.45) is -1.27. The number of anilines is 1. The molecule has 1 aromatic rings. The van der Waals surface area contributed by atoms with Crippen LogP contribution in [-0.4, -0.2) is 35.4 Å². The Morgan fingerprint density at radius 3 is 2.41 bits per heavy atom. The molecule has 1 aliphatic rings. The van der Waals surface area contributed by atoms with Gasteiger partial charge < -0.3 is 20.1 Å². The van der Waals surface area contributed by atoms with Crippen LogP contribution in [-0.2, 0) is 11.3 Å². The first kappa shape index (κ1) is 21.2. The average molecular weight is 388 g/mol. The maximum absolute atomic E-state index is 12.7. The molecule has 0 bridgehead atoms. The van der Waals surface area contributed by atoms with Gasteiger partial charge in [-0.05, 0) is 51.8 Å². The van der Waals surface area contributed by atoms with Gasteiger partial charge >= 0.3 is 12.3 Å². The SMILES string of the molecule is CC(C)(C)OC(=O)N(Cc1cc(N)ccc1OCC(F)(F)F)C1CCCC1. The number of halogens is 3. The molecule has 0 saturated heterocycles. The number of hydrogen-bond acceptors (Lipinski definition) is 4. The van der Waals surface area contributed by atoms with Crippen molar-refractivity contribution in [2.75, 3.05) is 12.3 Å². The van der Waals surface area contributed by atoms with Crippen molar-refractivity contribution >= 4 is 11.8 Å². The number of nitrogens with two attached hydrogens (primary N) is 1. The highest BCUT2D eigenvalue weighted by Gasteiger charge is 2.32. The molecule has 8 heteroatoms. The van der Waals surface area contributed by atoms with E-state index >= 15 is 0 Å². The van der Waals surface area contributed by atoms with Gasteiger partial charge in [0.25, 0.3) is 0 Å². The van der Waals surface area contributed by atoms with Gasteiger partial charge in [0.2, 0.25) is 0 Å². The lowest BCUT2D eigenvalue weighted by Crippen LogP contribution is -2.42. The van der Waals surface area contributed by atoms with Crippen molar-refractivity contribution in [1.29, 1.82) is 0 Å². The number of alkyl halides is 3. The minimum atomic E-state index is -4.45. The third kappa shape index (κ3) is 6.84. The minimum Gasteiger partial charge on any atom is -0.484 e. The zero-order valence-corrected chi connectivity index (χ0v) is 15.9. The summed E-state index contributed by atoms with van der Waals surface area (Å²) in [5.41, 5.74) is 5.95. The molecule has 1 amide bonds. The quantitative estimate of drug-likeness (QED) is 0.730. The van der Waals surface area contributed by atoms with E-state index in [0.717, 1.165) is 25.7 Å². The number of nitrogens with zero attached hydrogens (tertiary/aromatic N) is 1. The molecule has 1 saturated carbocycles. The number of amides is 1. The maximum Gasteiger partial charge on any atom is 0.422 e. The fourth-order valence-electron chi connectivity index (χ4n) is 3.09. The van der Waals surface area contributed by atoms with E-state index < -0.39 is 24.5 Å². The number of benzene rings is 1. The van der Waals surface area contributed by atoms with Gasteiger partial charge in [-0.25, -0.2) is 4.79 Å². The third-order valence-corrected chi connectivity index (χ3v) is 4.21. The van der Waals surface area contributed by atoms with Crippen LogP contribution in [0.4, 0.5) is 23.7 Å². The normalized spacial score (nSPS) is 15.6. The van der Waals surface area contributed by atoms with Gasteiger partial charge in [0.1, 0.15) is 11.4 Å². The smallest absolute Gasteiger partial charge is 0.422 e. The van der Waals surface area contributed by atoms with Crippen molar-refractivity contribution < 1.29 is 27.4 Å². The van der Waals surface area contributed by atoms with Crippen LogP contribution in [0.5, 0.6) is 5.75 Å². The van der Waals surface area contributed by atoms with Crippen LogP contribution in [0.15, 0.2) is 18.2 Å². The highest BCUT2D eigenvalue weighted by atomic mass is 19.4. The summed E-state index contributed by atoms with van der Waals surface area (Å²) >= 11 is 0. The summed E-state index contributed by atoms with van der Waals surface area (Å²) in [4.78, 5) is 14.3. The molecule has 1 aromatic carbocycles. The Labute approximate surface area is 157 Å². The molecule has 2 rings (SSSR count). The minimum absolute atomic E-state index is 0.0169. The van der Waals surface area contributed by atoms with Crippen LogP contribution in [0.1, 0.15) is 52.0 Å². The number of hydrogen-bond donors (Lipinski definition) is 1. The van der Waals surface area contributed by atoms with E-state index in [1.54, 1.807) is 25.7 Å². The van der Waals surface area contributed by atoms with Crippen LogP contribution in [0.25, 0.3) is 0 Å². The standard InChI is InChI=1S/C19H27F3N2O3/c1-18(2,3)27-17(25)24(15-6-4-5-7-15)11-13-10-14(23)8-9-16(13)26-12-19(20,21)22/h8-10,15H,4-7,11-12,23H2,1-3H3. The topological polar surface area (TPSA) is 64.8 Å². The molecule has 0 radical (unpaired) electrons. The summed E-state index contributed by atoms with van der Waals surface area (Å²) in [5.74, 6) is 0.0630. The van der Waals surface area contributed by atoms with E-state index in [4.69, 9.17) is 15.2 Å². The predicted octanol–water partition coefficient (Wildman–Crippen LogP) is 4.89. The molecule has 1 fully saturated rings. The first-order chi connectivity index (χ1) is 12.4. The summed E-state index contributed by atoms with van der Waals surface area (Å²) in [6, 6.07) is 4.40. The van der Waals surface area contributed by atoms with Gasteiger partial charge in [-0.1, -0.05) is 12.8 Å². The Morgan fingerprint density at radius 1 is 1.22 bits per heavy atom. The lowest BCUT2D eigenvalue weighted by Gasteiger charge is -2.32. The Balaban J connectivity index is 2.25.